The predicted molar refractivity (Wildman–Crippen MR) is 193 cm³/mol. The van der Waals surface area contributed by atoms with Crippen LogP contribution in [0.2, 0.25) is 0 Å². The number of carbonyl (C=O) groups is 4. The lowest BCUT2D eigenvalue weighted by Gasteiger charge is -2.30. The highest BCUT2D eigenvalue weighted by Crippen LogP contribution is 2.61. The molecular formula is C27H42N7O19P3S. The topological polar surface area (TPSA) is 401 Å². The SMILES string of the molecule is CC(=CC(=O)SCCNC(=O)CCNC(=O)[C@H](O)C(C)(C)COP(=O)(O)OP(=O)(O)OC[C@H]1O[C@@H](n2cnc3c(N)ncnc32)[C@H](O)[C@@H]1OP(=O)(O)O)CC(=O)O. The van der Waals surface area contributed by atoms with Crippen molar-refractivity contribution in [2.24, 2.45) is 5.41 Å². The third-order valence-corrected chi connectivity index (χ3v) is 11.5. The van der Waals surface area contributed by atoms with Crippen LogP contribution in [0, 0.1) is 5.41 Å². The first-order valence-corrected chi connectivity index (χ1v) is 21.8. The zero-order chi connectivity index (χ0) is 42.9. The minimum atomic E-state index is -5.59. The number of aliphatic carboxylic acids is 1. The minimum absolute atomic E-state index is 0.0193. The van der Waals surface area contributed by atoms with E-state index in [1.165, 1.54) is 26.8 Å². The quantitative estimate of drug-likeness (QED) is 0.0388. The number of hydrogen-bond donors (Lipinski definition) is 10. The van der Waals surface area contributed by atoms with E-state index in [1.807, 2.05) is 0 Å². The van der Waals surface area contributed by atoms with Gasteiger partial charge in [-0.2, -0.15) is 4.31 Å². The number of carboxylic acid groups (broad SMARTS) is 1. The summed E-state index contributed by atoms with van der Waals surface area (Å²) in [5, 5.41) is 34.6. The van der Waals surface area contributed by atoms with E-state index in [-0.39, 0.29) is 53.8 Å². The average Bonchev–Trinajstić information content (AvgIpc) is 3.64. The van der Waals surface area contributed by atoms with Crippen molar-refractivity contribution in [3.8, 4) is 0 Å². The fourth-order valence-electron chi connectivity index (χ4n) is 4.81. The van der Waals surface area contributed by atoms with Gasteiger partial charge in [-0.3, -0.25) is 37.3 Å². The van der Waals surface area contributed by atoms with Gasteiger partial charge in [0.15, 0.2) is 17.7 Å². The lowest BCUT2D eigenvalue weighted by molar-refractivity contribution is -0.137. The van der Waals surface area contributed by atoms with E-state index >= 15 is 0 Å². The molecule has 2 aromatic heterocycles. The highest BCUT2D eigenvalue weighted by atomic mass is 32.2. The number of phosphoric ester groups is 3. The number of amides is 2. The number of phosphoric acid groups is 3. The van der Waals surface area contributed by atoms with Gasteiger partial charge in [0.05, 0.1) is 26.0 Å². The Labute approximate surface area is 327 Å². The molecule has 0 aromatic carbocycles. The summed E-state index contributed by atoms with van der Waals surface area (Å²) >= 11 is 0.856. The second kappa shape index (κ2) is 20.2. The summed E-state index contributed by atoms with van der Waals surface area (Å²) in [5.74, 6) is -2.48. The van der Waals surface area contributed by atoms with Gasteiger partial charge in [-0.05, 0) is 13.0 Å². The minimum Gasteiger partial charge on any atom is -0.481 e. The maximum atomic E-state index is 12.7. The summed E-state index contributed by atoms with van der Waals surface area (Å²) < 4.78 is 62.0. The standard InChI is InChI=1S/C27H42N7O19P3S/c1-14(8-17(36)37)9-18(38)57-7-6-29-16(35)4-5-30-25(41)22(40)27(2,3)11-50-56(47,48)53-55(45,46)49-10-15-21(52-54(42,43)44)20(39)26(51-15)34-13-33-19-23(28)31-12-32-24(19)34/h9,12-13,15,20-22,26,39-40H,4-8,10-11H2,1-3H3,(H,29,35)(H,30,41)(H,36,37)(H,45,46)(H,47,48)(H2,28,31,32)(H2,42,43,44)/t15-,20-,21-,22+,26-/m1/s1. The smallest absolute Gasteiger partial charge is 0.481 e. The van der Waals surface area contributed by atoms with Crippen LogP contribution in [-0.4, -0.2) is 134 Å². The summed E-state index contributed by atoms with van der Waals surface area (Å²) in [6.07, 6.45) is -6.20. The number of nitrogens with one attached hydrogen (secondary N) is 2. The molecule has 7 atom stereocenters. The number of nitrogens with zero attached hydrogens (tertiary/aromatic N) is 4. The fourth-order valence-corrected chi connectivity index (χ4v) is 8.33. The molecule has 0 bridgehead atoms. The largest absolute Gasteiger partial charge is 0.481 e. The summed E-state index contributed by atoms with van der Waals surface area (Å²) in [6.45, 7) is 1.70. The molecule has 57 heavy (non-hydrogen) atoms. The molecule has 320 valence electrons. The van der Waals surface area contributed by atoms with E-state index in [2.05, 4.69) is 34.4 Å². The van der Waals surface area contributed by atoms with E-state index in [4.69, 9.17) is 24.6 Å². The zero-order valence-corrected chi connectivity index (χ0v) is 33.7. The molecule has 0 saturated carbocycles. The lowest BCUT2D eigenvalue weighted by Crippen LogP contribution is -2.46. The fraction of sp³-hybridized carbons (Fsp3) is 0.593. The summed E-state index contributed by atoms with van der Waals surface area (Å²) in [7, 11) is -16.4. The Bertz CT molecular complexity index is 1960. The highest BCUT2D eigenvalue weighted by molar-refractivity contribution is 8.14. The zero-order valence-electron chi connectivity index (χ0n) is 30.2. The van der Waals surface area contributed by atoms with E-state index < -0.39 is 90.5 Å². The molecule has 3 rings (SSSR count). The number of imidazole rings is 1. The summed E-state index contributed by atoms with van der Waals surface area (Å²) in [5.41, 5.74) is 4.56. The van der Waals surface area contributed by atoms with Crippen LogP contribution in [0.3, 0.4) is 0 Å². The molecule has 1 aliphatic heterocycles. The van der Waals surface area contributed by atoms with Gasteiger partial charge in [0.25, 0.3) is 0 Å². The molecule has 0 radical (unpaired) electrons. The van der Waals surface area contributed by atoms with Crippen LogP contribution in [0.5, 0.6) is 0 Å². The van der Waals surface area contributed by atoms with Gasteiger partial charge in [-0.15, -0.1) is 0 Å². The van der Waals surface area contributed by atoms with Gasteiger partial charge in [0.2, 0.25) is 16.9 Å². The molecule has 2 aromatic rings. The number of carbonyl (C=O) groups excluding carboxylic acids is 3. The maximum absolute atomic E-state index is 12.7. The average molecular weight is 894 g/mol. The first-order chi connectivity index (χ1) is 26.3. The molecule has 26 nitrogen and oxygen atoms in total. The number of rotatable bonds is 22. The normalized spacial score (nSPS) is 21.7. The number of aliphatic hydroxyl groups excluding tert-OH is 2. The molecular weight excluding hydrogens is 851 g/mol. The van der Waals surface area contributed by atoms with Crippen molar-refractivity contribution < 1.29 is 90.4 Å². The van der Waals surface area contributed by atoms with Crippen molar-refractivity contribution in [3.63, 3.8) is 0 Å². The van der Waals surface area contributed by atoms with Gasteiger partial charge in [-0.1, -0.05) is 31.2 Å². The number of thioether (sulfide) groups is 1. The first-order valence-electron chi connectivity index (χ1n) is 16.3. The predicted octanol–water partition coefficient (Wildman–Crippen LogP) is -0.914. The van der Waals surface area contributed by atoms with Crippen molar-refractivity contribution in [2.45, 2.75) is 64.3 Å². The van der Waals surface area contributed by atoms with Gasteiger partial charge >= 0.3 is 29.4 Å². The second-order valence-corrected chi connectivity index (χ2v) is 18.1. The van der Waals surface area contributed by atoms with Crippen LogP contribution >= 0.6 is 35.2 Å². The van der Waals surface area contributed by atoms with Crippen LogP contribution in [0.4, 0.5) is 5.82 Å². The Morgan fingerprint density at radius 1 is 1.07 bits per heavy atom. The molecule has 0 aliphatic carbocycles. The van der Waals surface area contributed by atoms with Crippen LogP contribution in [-0.2, 0) is 55.5 Å². The van der Waals surface area contributed by atoms with Gasteiger partial charge in [0.1, 0.15) is 36.3 Å². The van der Waals surface area contributed by atoms with Crippen molar-refractivity contribution >= 4 is 75.1 Å². The number of fused-ring (bicyclic) bond motifs is 1. The van der Waals surface area contributed by atoms with Crippen molar-refractivity contribution in [2.75, 3.05) is 37.8 Å². The van der Waals surface area contributed by atoms with Crippen molar-refractivity contribution in [1.29, 1.82) is 0 Å². The molecule has 2 unspecified atom stereocenters. The second-order valence-electron chi connectivity index (χ2n) is 12.8. The van der Waals surface area contributed by atoms with Crippen molar-refractivity contribution in [1.82, 2.24) is 30.2 Å². The van der Waals surface area contributed by atoms with Gasteiger partial charge in [0, 0.05) is 30.7 Å². The van der Waals surface area contributed by atoms with E-state index in [9.17, 15) is 62.7 Å². The molecule has 0 spiro atoms. The highest BCUT2D eigenvalue weighted by Gasteiger charge is 2.50. The third-order valence-electron chi connectivity index (χ3n) is 7.54. The van der Waals surface area contributed by atoms with Gasteiger partial charge in [-0.25, -0.2) is 28.6 Å². The Balaban J connectivity index is 1.48. The number of anilines is 1. The third kappa shape index (κ3) is 15.1. The number of ether oxygens (including phenoxy) is 1. The Kier molecular flexibility index (Phi) is 17.0. The summed E-state index contributed by atoms with van der Waals surface area (Å²) in [4.78, 5) is 98.0. The molecule has 2 amide bonds. The van der Waals surface area contributed by atoms with Gasteiger partial charge < -0.3 is 56.0 Å². The molecule has 1 aliphatic rings. The number of carboxylic acids is 1. The Hall–Kier alpha value is -3.23. The lowest BCUT2D eigenvalue weighted by atomic mass is 9.87. The van der Waals surface area contributed by atoms with E-state index in [0.717, 1.165) is 29.0 Å². The molecule has 1 saturated heterocycles. The Morgan fingerprint density at radius 3 is 2.39 bits per heavy atom. The molecule has 30 heteroatoms. The number of aromatic nitrogens is 4. The van der Waals surface area contributed by atoms with Crippen LogP contribution in [0.1, 0.15) is 39.8 Å². The molecule has 3 heterocycles. The van der Waals surface area contributed by atoms with Crippen molar-refractivity contribution in [3.05, 3.63) is 24.3 Å². The molecule has 11 N–H and O–H groups in total. The van der Waals surface area contributed by atoms with E-state index in [0.29, 0.717) is 5.57 Å². The van der Waals surface area contributed by atoms with Crippen LogP contribution in [0.15, 0.2) is 24.3 Å². The van der Waals surface area contributed by atoms with Crippen LogP contribution < -0.4 is 16.4 Å². The first kappa shape index (κ1) is 48.1. The van der Waals surface area contributed by atoms with Crippen LogP contribution in [0.25, 0.3) is 11.2 Å². The summed E-state index contributed by atoms with van der Waals surface area (Å²) in [6, 6.07) is 0. The number of nitrogens with two attached hydrogens (primary N) is 1. The number of hydrogen-bond acceptors (Lipinski definition) is 19. The number of nitrogen functional groups attached to an aromatic ring is 1. The molecule has 1 fully saturated rings. The van der Waals surface area contributed by atoms with E-state index in [1.54, 1.807) is 0 Å². The Morgan fingerprint density at radius 2 is 1.74 bits per heavy atom. The monoisotopic (exact) mass is 893 g/mol. The maximum Gasteiger partial charge on any atom is 0.481 e. The number of aliphatic hydroxyl groups is 2.